The van der Waals surface area contributed by atoms with E-state index in [1.54, 1.807) is 25.1 Å². The number of ether oxygens (including phenoxy) is 2. The van der Waals surface area contributed by atoms with Crippen LogP contribution in [-0.2, 0) is 4.74 Å². The Morgan fingerprint density at radius 2 is 1.88 bits per heavy atom. The van der Waals surface area contributed by atoms with Gasteiger partial charge in [0.05, 0.1) is 18.2 Å². The first kappa shape index (κ1) is 16.9. The van der Waals surface area contributed by atoms with Crippen LogP contribution in [0.3, 0.4) is 0 Å². The first-order valence-electron chi connectivity index (χ1n) is 8.28. The zero-order valence-corrected chi connectivity index (χ0v) is 14.5. The lowest BCUT2D eigenvalue weighted by Gasteiger charge is -2.10. The van der Waals surface area contributed by atoms with E-state index in [1.165, 1.54) is 0 Å². The van der Waals surface area contributed by atoms with Gasteiger partial charge in [-0.05, 0) is 50.6 Å². The molecule has 2 aromatic carbocycles. The topological polar surface area (TPSA) is 71.6 Å². The molecule has 0 amide bonds. The largest absolute Gasteiger partial charge is 0.508 e. The number of aromatic hydroxyl groups is 1. The highest BCUT2D eigenvalue weighted by Gasteiger charge is 2.20. The van der Waals surface area contributed by atoms with E-state index in [9.17, 15) is 9.90 Å². The van der Waals surface area contributed by atoms with Gasteiger partial charge in [-0.3, -0.25) is 0 Å². The molecule has 0 aliphatic carbocycles. The molecule has 0 bridgehead atoms. The number of phenols is 1. The fraction of sp³-hybridized carbons (Fsp3) is 0.250. The molecule has 0 aliphatic rings. The molecule has 0 aliphatic heterocycles. The Hall–Kier alpha value is -2.95. The molecule has 3 aromatic rings. The number of rotatable bonds is 5. The van der Waals surface area contributed by atoms with Gasteiger partial charge in [-0.15, -0.1) is 0 Å². The van der Waals surface area contributed by atoms with Gasteiger partial charge in [-0.25, -0.2) is 4.79 Å². The quantitative estimate of drug-likeness (QED) is 0.671. The summed E-state index contributed by atoms with van der Waals surface area (Å²) in [5.74, 6) is 0.487. The standard InChI is InChI=1S/C20H21NO4/c1-4-24-20(23)19-18(16-10-7-14(22)11-17(16)21-19)13-5-8-15(9-6-13)25-12(2)3/h5-12,21-22H,4H2,1-3H3. The highest BCUT2D eigenvalue weighted by atomic mass is 16.5. The Kier molecular flexibility index (Phi) is 4.65. The van der Waals surface area contributed by atoms with Crippen molar-refractivity contribution in [2.45, 2.75) is 26.9 Å². The van der Waals surface area contributed by atoms with E-state index in [1.807, 2.05) is 38.1 Å². The smallest absolute Gasteiger partial charge is 0.355 e. The molecule has 130 valence electrons. The maximum Gasteiger partial charge on any atom is 0.355 e. The summed E-state index contributed by atoms with van der Waals surface area (Å²) in [5.41, 5.74) is 2.68. The zero-order valence-electron chi connectivity index (χ0n) is 14.5. The van der Waals surface area contributed by atoms with Crippen LogP contribution in [0.25, 0.3) is 22.0 Å². The zero-order chi connectivity index (χ0) is 18.0. The summed E-state index contributed by atoms with van der Waals surface area (Å²) in [4.78, 5) is 15.4. The van der Waals surface area contributed by atoms with Crippen molar-refractivity contribution in [1.29, 1.82) is 0 Å². The minimum Gasteiger partial charge on any atom is -0.508 e. The predicted octanol–water partition coefficient (Wildman–Crippen LogP) is 4.50. The molecule has 0 fully saturated rings. The van der Waals surface area contributed by atoms with Crippen LogP contribution in [0.4, 0.5) is 0 Å². The highest BCUT2D eigenvalue weighted by molar-refractivity contribution is 6.08. The molecule has 0 radical (unpaired) electrons. The fourth-order valence-electron chi connectivity index (χ4n) is 2.81. The third-order valence-electron chi connectivity index (χ3n) is 3.78. The molecule has 0 spiro atoms. The molecule has 5 nitrogen and oxygen atoms in total. The summed E-state index contributed by atoms with van der Waals surface area (Å²) in [6, 6.07) is 12.6. The van der Waals surface area contributed by atoms with E-state index >= 15 is 0 Å². The average molecular weight is 339 g/mol. The number of carbonyl (C=O) groups is 1. The van der Waals surface area contributed by atoms with Gasteiger partial charge < -0.3 is 19.6 Å². The first-order chi connectivity index (χ1) is 12.0. The van der Waals surface area contributed by atoms with Gasteiger partial charge in [-0.2, -0.15) is 0 Å². The van der Waals surface area contributed by atoms with Crippen molar-refractivity contribution in [2.24, 2.45) is 0 Å². The van der Waals surface area contributed by atoms with Crippen molar-refractivity contribution >= 4 is 16.9 Å². The second-order valence-corrected chi connectivity index (χ2v) is 6.02. The Morgan fingerprint density at radius 1 is 1.16 bits per heavy atom. The molecule has 0 unspecified atom stereocenters. The fourth-order valence-corrected chi connectivity index (χ4v) is 2.81. The van der Waals surface area contributed by atoms with Gasteiger partial charge in [0.1, 0.15) is 17.2 Å². The third kappa shape index (κ3) is 3.45. The van der Waals surface area contributed by atoms with Crippen molar-refractivity contribution in [2.75, 3.05) is 6.61 Å². The van der Waals surface area contributed by atoms with Crippen LogP contribution >= 0.6 is 0 Å². The number of hydrogen-bond donors (Lipinski definition) is 2. The van der Waals surface area contributed by atoms with E-state index in [4.69, 9.17) is 9.47 Å². The first-order valence-corrected chi connectivity index (χ1v) is 8.28. The maximum atomic E-state index is 12.4. The monoisotopic (exact) mass is 339 g/mol. The summed E-state index contributed by atoms with van der Waals surface area (Å²) < 4.78 is 10.8. The third-order valence-corrected chi connectivity index (χ3v) is 3.78. The van der Waals surface area contributed by atoms with Gasteiger partial charge in [0.15, 0.2) is 0 Å². The molecule has 5 heteroatoms. The second-order valence-electron chi connectivity index (χ2n) is 6.02. The molecule has 1 heterocycles. The molecular formula is C20H21NO4. The lowest BCUT2D eigenvalue weighted by Crippen LogP contribution is -2.07. The van der Waals surface area contributed by atoms with Crippen LogP contribution in [0.5, 0.6) is 11.5 Å². The van der Waals surface area contributed by atoms with Crippen LogP contribution in [-0.4, -0.2) is 28.8 Å². The number of aromatic amines is 1. The van der Waals surface area contributed by atoms with E-state index in [-0.39, 0.29) is 11.9 Å². The Balaban J connectivity index is 2.12. The normalized spacial score (nSPS) is 11.0. The van der Waals surface area contributed by atoms with Crippen molar-refractivity contribution in [3.63, 3.8) is 0 Å². The summed E-state index contributed by atoms with van der Waals surface area (Å²) in [6.45, 7) is 6.00. The van der Waals surface area contributed by atoms with Gasteiger partial charge in [-0.1, -0.05) is 12.1 Å². The molecule has 0 saturated carbocycles. The maximum absolute atomic E-state index is 12.4. The van der Waals surface area contributed by atoms with Crippen LogP contribution in [0.1, 0.15) is 31.3 Å². The second kappa shape index (κ2) is 6.89. The molecule has 2 N–H and O–H groups in total. The molecule has 3 rings (SSSR count). The van der Waals surface area contributed by atoms with Crippen LogP contribution in [0.15, 0.2) is 42.5 Å². The van der Waals surface area contributed by atoms with Crippen molar-refractivity contribution in [3.8, 4) is 22.6 Å². The number of fused-ring (bicyclic) bond motifs is 1. The van der Waals surface area contributed by atoms with E-state index in [0.717, 1.165) is 22.3 Å². The summed E-state index contributed by atoms with van der Waals surface area (Å²) in [5, 5.41) is 10.6. The number of benzene rings is 2. The number of phenolic OH excluding ortho intramolecular Hbond substituents is 1. The van der Waals surface area contributed by atoms with Crippen molar-refractivity contribution in [3.05, 3.63) is 48.2 Å². The van der Waals surface area contributed by atoms with Crippen LogP contribution in [0.2, 0.25) is 0 Å². The molecule has 25 heavy (non-hydrogen) atoms. The van der Waals surface area contributed by atoms with E-state index in [0.29, 0.717) is 17.8 Å². The number of carbonyl (C=O) groups excluding carboxylic acids is 1. The predicted molar refractivity (Wildman–Crippen MR) is 97.1 cm³/mol. The minimum absolute atomic E-state index is 0.0945. The van der Waals surface area contributed by atoms with Gasteiger partial charge in [0.2, 0.25) is 0 Å². The van der Waals surface area contributed by atoms with Crippen molar-refractivity contribution in [1.82, 2.24) is 4.98 Å². The Labute approximate surface area is 146 Å². The molecule has 1 aromatic heterocycles. The molecule has 0 atom stereocenters. The summed E-state index contributed by atoms with van der Waals surface area (Å²) in [7, 11) is 0. The van der Waals surface area contributed by atoms with E-state index < -0.39 is 5.97 Å². The minimum atomic E-state index is -0.421. The van der Waals surface area contributed by atoms with Gasteiger partial charge in [0, 0.05) is 17.0 Å². The Bertz CT molecular complexity index is 894. The van der Waals surface area contributed by atoms with Crippen molar-refractivity contribution < 1.29 is 19.4 Å². The number of nitrogens with one attached hydrogen (secondary N) is 1. The average Bonchev–Trinajstić information content (AvgIpc) is 2.94. The Morgan fingerprint density at radius 3 is 2.52 bits per heavy atom. The number of aromatic nitrogens is 1. The molecular weight excluding hydrogens is 318 g/mol. The van der Waals surface area contributed by atoms with Gasteiger partial charge >= 0.3 is 5.97 Å². The van der Waals surface area contributed by atoms with Crippen LogP contribution < -0.4 is 4.74 Å². The number of esters is 1. The lowest BCUT2D eigenvalue weighted by molar-refractivity contribution is 0.0521. The number of hydrogen-bond acceptors (Lipinski definition) is 4. The van der Waals surface area contributed by atoms with E-state index in [2.05, 4.69) is 4.98 Å². The molecule has 0 saturated heterocycles. The SMILES string of the molecule is CCOC(=O)c1[nH]c2cc(O)ccc2c1-c1ccc(OC(C)C)cc1. The van der Waals surface area contributed by atoms with Gasteiger partial charge in [0.25, 0.3) is 0 Å². The lowest BCUT2D eigenvalue weighted by atomic mass is 10.0. The summed E-state index contributed by atoms with van der Waals surface area (Å²) >= 11 is 0. The van der Waals surface area contributed by atoms with Crippen LogP contribution in [0, 0.1) is 0 Å². The summed E-state index contributed by atoms with van der Waals surface area (Å²) in [6.07, 6.45) is 0.0945. The number of H-pyrrole nitrogens is 1. The highest BCUT2D eigenvalue weighted by Crippen LogP contribution is 2.35.